The molecule has 214 valence electrons. The highest BCUT2D eigenvalue weighted by Crippen LogP contribution is 2.44. The van der Waals surface area contributed by atoms with Gasteiger partial charge in [-0.1, -0.05) is 31.0 Å². The SMILES string of the molecule is Cn1c(-c2cnccn2)c(C2CCCC2)c2ccc(C(=O)NC3(C(=O)Nc4ccc(/C=C/C(=O)O)cc4)CCC3)cc21. The number of aryl methyl sites for hydroxylation is 1. The van der Waals surface area contributed by atoms with Gasteiger partial charge in [0.2, 0.25) is 5.91 Å². The van der Waals surface area contributed by atoms with E-state index in [1.807, 2.05) is 25.2 Å². The molecule has 2 heterocycles. The van der Waals surface area contributed by atoms with Gasteiger partial charge in [-0.15, -0.1) is 0 Å². The third kappa shape index (κ3) is 5.18. The van der Waals surface area contributed by atoms with Crippen molar-refractivity contribution in [3.63, 3.8) is 0 Å². The number of rotatable bonds is 8. The van der Waals surface area contributed by atoms with E-state index in [-0.39, 0.29) is 11.8 Å². The van der Waals surface area contributed by atoms with Crippen LogP contribution < -0.4 is 10.6 Å². The van der Waals surface area contributed by atoms with Gasteiger partial charge in [-0.05, 0) is 79.5 Å². The molecule has 0 aliphatic heterocycles. The van der Waals surface area contributed by atoms with Gasteiger partial charge in [0.25, 0.3) is 5.91 Å². The summed E-state index contributed by atoms with van der Waals surface area (Å²) in [4.78, 5) is 46.6. The summed E-state index contributed by atoms with van der Waals surface area (Å²) in [6.07, 6.45) is 14.3. The standard InChI is InChI=1S/C33H33N5O4/c1-38-27-19-23(10-13-25(27)29(22-5-2-3-6-22)30(38)26-20-34-17-18-35-26)31(41)37-33(15-4-16-33)32(42)36-24-11-7-21(8-12-24)9-14-28(39)40/h7-14,17-20,22H,2-6,15-16H2,1H3,(H,36,42)(H,37,41)(H,39,40)/b14-9+. The van der Waals surface area contributed by atoms with Crippen LogP contribution in [-0.4, -0.2) is 43.0 Å². The van der Waals surface area contributed by atoms with Crippen LogP contribution >= 0.6 is 0 Å². The summed E-state index contributed by atoms with van der Waals surface area (Å²) in [5, 5.41) is 15.9. The van der Waals surface area contributed by atoms with Crippen LogP contribution in [0.2, 0.25) is 0 Å². The predicted molar refractivity (Wildman–Crippen MR) is 161 cm³/mol. The molecular formula is C33H33N5O4. The first-order chi connectivity index (χ1) is 20.3. The van der Waals surface area contributed by atoms with Gasteiger partial charge in [-0.3, -0.25) is 19.6 Å². The number of carbonyl (C=O) groups excluding carboxylic acids is 2. The molecule has 2 aromatic carbocycles. The van der Waals surface area contributed by atoms with Crippen LogP contribution in [0.4, 0.5) is 5.69 Å². The summed E-state index contributed by atoms with van der Waals surface area (Å²) in [5.41, 5.74) is 4.89. The second kappa shape index (κ2) is 11.2. The lowest BCUT2D eigenvalue weighted by molar-refractivity contribution is -0.131. The lowest BCUT2D eigenvalue weighted by atomic mass is 9.75. The summed E-state index contributed by atoms with van der Waals surface area (Å²) in [7, 11) is 2.01. The predicted octanol–water partition coefficient (Wildman–Crippen LogP) is 5.68. The summed E-state index contributed by atoms with van der Waals surface area (Å²) >= 11 is 0. The van der Waals surface area contributed by atoms with Gasteiger partial charge in [0.15, 0.2) is 0 Å². The highest BCUT2D eigenvalue weighted by molar-refractivity contribution is 6.06. The van der Waals surface area contributed by atoms with Gasteiger partial charge in [-0.25, -0.2) is 4.79 Å². The van der Waals surface area contributed by atoms with Crippen molar-refractivity contribution in [2.75, 3.05) is 5.32 Å². The first-order valence-corrected chi connectivity index (χ1v) is 14.4. The van der Waals surface area contributed by atoms with Gasteiger partial charge in [0, 0.05) is 47.7 Å². The van der Waals surface area contributed by atoms with E-state index in [0.717, 1.165) is 47.6 Å². The molecule has 2 amide bonds. The Kier molecular flexibility index (Phi) is 7.33. The van der Waals surface area contributed by atoms with Crippen molar-refractivity contribution in [2.45, 2.75) is 56.4 Å². The van der Waals surface area contributed by atoms with E-state index in [1.165, 1.54) is 24.5 Å². The molecule has 0 unspecified atom stereocenters. The Balaban J connectivity index is 1.25. The Hall–Kier alpha value is -4.79. The largest absolute Gasteiger partial charge is 0.478 e. The third-order valence-corrected chi connectivity index (χ3v) is 8.65. The van der Waals surface area contributed by atoms with E-state index in [9.17, 15) is 14.4 Å². The summed E-state index contributed by atoms with van der Waals surface area (Å²) in [6, 6.07) is 12.7. The molecule has 0 atom stereocenters. The summed E-state index contributed by atoms with van der Waals surface area (Å²) < 4.78 is 2.12. The van der Waals surface area contributed by atoms with E-state index >= 15 is 0 Å². The lowest BCUT2D eigenvalue weighted by Gasteiger charge is -2.40. The number of hydrogen-bond acceptors (Lipinski definition) is 5. The molecule has 6 rings (SSSR count). The zero-order valence-corrected chi connectivity index (χ0v) is 23.5. The Morgan fingerprint density at radius 1 is 1.02 bits per heavy atom. The third-order valence-electron chi connectivity index (χ3n) is 8.65. The molecule has 2 aliphatic rings. The molecule has 0 spiro atoms. The number of carboxylic acid groups (broad SMARTS) is 1. The molecule has 0 radical (unpaired) electrons. The van der Waals surface area contributed by atoms with Gasteiger partial charge in [0.05, 0.1) is 11.9 Å². The molecule has 42 heavy (non-hydrogen) atoms. The Bertz CT molecular complexity index is 1680. The highest BCUT2D eigenvalue weighted by atomic mass is 16.4. The van der Waals surface area contributed by atoms with Crippen LogP contribution in [0.25, 0.3) is 28.4 Å². The Morgan fingerprint density at radius 2 is 1.79 bits per heavy atom. The fourth-order valence-electron chi connectivity index (χ4n) is 6.29. The first kappa shape index (κ1) is 27.4. The number of amides is 2. The molecule has 4 aromatic rings. The van der Waals surface area contributed by atoms with Gasteiger partial charge in [-0.2, -0.15) is 0 Å². The highest BCUT2D eigenvalue weighted by Gasteiger charge is 2.45. The van der Waals surface area contributed by atoms with E-state index < -0.39 is 11.5 Å². The molecule has 2 aromatic heterocycles. The zero-order chi connectivity index (χ0) is 29.3. The number of hydrogen-bond donors (Lipinski definition) is 3. The van der Waals surface area contributed by atoms with E-state index in [4.69, 9.17) is 5.11 Å². The van der Waals surface area contributed by atoms with Crippen molar-refractivity contribution >= 4 is 40.4 Å². The average molecular weight is 564 g/mol. The smallest absolute Gasteiger partial charge is 0.328 e. The van der Waals surface area contributed by atoms with Crippen LogP contribution in [0, 0.1) is 0 Å². The Labute approximate surface area is 243 Å². The second-order valence-corrected chi connectivity index (χ2v) is 11.3. The molecular weight excluding hydrogens is 530 g/mol. The second-order valence-electron chi connectivity index (χ2n) is 11.3. The topological polar surface area (TPSA) is 126 Å². The number of aliphatic carboxylic acids is 1. The zero-order valence-electron chi connectivity index (χ0n) is 23.5. The van der Waals surface area contributed by atoms with Crippen LogP contribution in [0.1, 0.15) is 72.3 Å². The summed E-state index contributed by atoms with van der Waals surface area (Å²) in [5.74, 6) is -1.13. The number of nitrogens with zero attached hydrogens (tertiary/aromatic N) is 3. The van der Waals surface area contributed by atoms with Crippen molar-refractivity contribution in [2.24, 2.45) is 7.05 Å². The van der Waals surface area contributed by atoms with Crippen molar-refractivity contribution in [3.8, 4) is 11.4 Å². The minimum Gasteiger partial charge on any atom is -0.478 e. The van der Waals surface area contributed by atoms with Crippen LogP contribution in [0.3, 0.4) is 0 Å². The normalized spacial score (nSPS) is 16.4. The molecule has 2 aliphatic carbocycles. The number of anilines is 1. The minimum absolute atomic E-state index is 0.260. The van der Waals surface area contributed by atoms with Crippen LogP contribution in [0.5, 0.6) is 0 Å². The number of aromatic nitrogens is 3. The fraction of sp³-hybridized carbons (Fsp3) is 0.303. The molecule has 0 bridgehead atoms. The maximum Gasteiger partial charge on any atom is 0.328 e. The lowest BCUT2D eigenvalue weighted by Crippen LogP contribution is -2.61. The maximum atomic E-state index is 13.6. The number of benzene rings is 2. The van der Waals surface area contributed by atoms with Crippen LogP contribution in [0.15, 0.2) is 67.1 Å². The molecule has 2 fully saturated rings. The van der Waals surface area contributed by atoms with E-state index in [0.29, 0.717) is 35.6 Å². The molecule has 9 nitrogen and oxygen atoms in total. The van der Waals surface area contributed by atoms with Gasteiger partial charge >= 0.3 is 5.97 Å². The van der Waals surface area contributed by atoms with Crippen molar-refractivity contribution in [1.29, 1.82) is 0 Å². The molecule has 9 heteroatoms. The molecule has 2 saturated carbocycles. The number of nitrogens with one attached hydrogen (secondary N) is 2. The van der Waals surface area contributed by atoms with Crippen molar-refractivity contribution in [3.05, 3.63) is 83.8 Å². The molecule has 3 N–H and O–H groups in total. The monoisotopic (exact) mass is 563 g/mol. The number of carbonyl (C=O) groups is 3. The van der Waals surface area contributed by atoms with Gasteiger partial charge in [0.1, 0.15) is 11.2 Å². The van der Waals surface area contributed by atoms with Crippen LogP contribution in [-0.2, 0) is 16.6 Å². The Morgan fingerprint density at radius 3 is 2.43 bits per heavy atom. The van der Waals surface area contributed by atoms with Crippen molar-refractivity contribution < 1.29 is 19.5 Å². The fourth-order valence-corrected chi connectivity index (χ4v) is 6.29. The van der Waals surface area contributed by atoms with E-state index in [2.05, 4.69) is 25.2 Å². The number of fused-ring (bicyclic) bond motifs is 1. The first-order valence-electron chi connectivity index (χ1n) is 14.4. The molecule has 0 saturated heterocycles. The summed E-state index contributed by atoms with van der Waals surface area (Å²) in [6.45, 7) is 0. The van der Waals surface area contributed by atoms with Gasteiger partial charge < -0.3 is 20.3 Å². The minimum atomic E-state index is -1.03. The van der Waals surface area contributed by atoms with E-state index in [1.54, 1.807) is 42.9 Å². The number of carboxylic acids is 1. The maximum absolute atomic E-state index is 13.6. The average Bonchev–Trinajstić information content (AvgIpc) is 3.61. The quantitative estimate of drug-likeness (QED) is 0.237. The van der Waals surface area contributed by atoms with Crippen molar-refractivity contribution in [1.82, 2.24) is 19.9 Å².